The first-order valence-corrected chi connectivity index (χ1v) is 5.77. The maximum absolute atomic E-state index is 11.5. The molecule has 1 aliphatic rings. The van der Waals surface area contributed by atoms with Gasteiger partial charge in [-0.1, -0.05) is 0 Å². The van der Waals surface area contributed by atoms with Gasteiger partial charge in [0.15, 0.2) is 0 Å². The highest BCUT2D eigenvalue weighted by Crippen LogP contribution is 2.29. The van der Waals surface area contributed by atoms with E-state index in [9.17, 15) is 4.79 Å². The van der Waals surface area contributed by atoms with Crippen molar-refractivity contribution in [1.29, 1.82) is 0 Å². The van der Waals surface area contributed by atoms with Gasteiger partial charge in [-0.2, -0.15) is 0 Å². The first kappa shape index (κ1) is 9.65. The van der Waals surface area contributed by atoms with E-state index >= 15 is 0 Å². The van der Waals surface area contributed by atoms with Crippen LogP contribution in [0.3, 0.4) is 0 Å². The molecular formula is C10H14N2OS. The van der Waals surface area contributed by atoms with Crippen LogP contribution in [-0.4, -0.2) is 10.9 Å². The fourth-order valence-electron chi connectivity index (χ4n) is 1.33. The minimum absolute atomic E-state index is 0.0491. The lowest BCUT2D eigenvalue weighted by molar-refractivity contribution is -0.122. The average molecular weight is 210 g/mol. The normalized spacial score (nSPS) is 17.9. The van der Waals surface area contributed by atoms with Crippen molar-refractivity contribution < 1.29 is 4.79 Å². The first-order valence-electron chi connectivity index (χ1n) is 4.89. The molecule has 76 valence electrons. The van der Waals surface area contributed by atoms with Crippen LogP contribution in [0, 0.1) is 12.8 Å². The molecule has 1 atom stereocenters. The SMILES string of the molecule is Cc1nc(C(C)NC(=O)C2CC2)cs1. The lowest BCUT2D eigenvalue weighted by atomic mass is 10.2. The van der Waals surface area contributed by atoms with Crippen LogP contribution in [0.15, 0.2) is 5.38 Å². The van der Waals surface area contributed by atoms with Crippen molar-refractivity contribution in [3.63, 3.8) is 0 Å². The molecule has 14 heavy (non-hydrogen) atoms. The topological polar surface area (TPSA) is 42.0 Å². The molecule has 1 amide bonds. The number of carbonyl (C=O) groups is 1. The number of carbonyl (C=O) groups excluding carboxylic acids is 1. The monoisotopic (exact) mass is 210 g/mol. The molecule has 0 radical (unpaired) electrons. The molecule has 1 unspecified atom stereocenters. The summed E-state index contributed by atoms with van der Waals surface area (Å²) in [7, 11) is 0. The van der Waals surface area contributed by atoms with Gasteiger partial charge in [-0.25, -0.2) is 4.98 Å². The number of hydrogen-bond donors (Lipinski definition) is 1. The third-order valence-electron chi connectivity index (χ3n) is 2.39. The molecule has 0 aromatic carbocycles. The largest absolute Gasteiger partial charge is 0.348 e. The van der Waals surface area contributed by atoms with Gasteiger partial charge in [-0.05, 0) is 26.7 Å². The second-order valence-electron chi connectivity index (χ2n) is 3.80. The maximum Gasteiger partial charge on any atom is 0.223 e. The molecule has 1 aliphatic carbocycles. The van der Waals surface area contributed by atoms with Crippen LogP contribution in [0.2, 0.25) is 0 Å². The van der Waals surface area contributed by atoms with Crippen LogP contribution < -0.4 is 5.32 Å². The van der Waals surface area contributed by atoms with Crippen molar-refractivity contribution in [2.45, 2.75) is 32.7 Å². The van der Waals surface area contributed by atoms with Crippen molar-refractivity contribution in [3.8, 4) is 0 Å². The Morgan fingerprint density at radius 2 is 2.43 bits per heavy atom. The van der Waals surface area contributed by atoms with Crippen LogP contribution in [0.1, 0.15) is 36.5 Å². The number of hydrogen-bond acceptors (Lipinski definition) is 3. The molecule has 2 rings (SSSR count). The lowest BCUT2D eigenvalue weighted by Crippen LogP contribution is -2.28. The quantitative estimate of drug-likeness (QED) is 0.829. The fraction of sp³-hybridized carbons (Fsp3) is 0.600. The Morgan fingerprint density at radius 1 is 1.71 bits per heavy atom. The predicted octanol–water partition coefficient (Wildman–Crippen LogP) is 2.04. The van der Waals surface area contributed by atoms with E-state index in [1.807, 2.05) is 19.2 Å². The van der Waals surface area contributed by atoms with E-state index in [1.165, 1.54) is 0 Å². The zero-order valence-electron chi connectivity index (χ0n) is 8.41. The van der Waals surface area contributed by atoms with Gasteiger partial charge in [0.2, 0.25) is 5.91 Å². The van der Waals surface area contributed by atoms with Crippen molar-refractivity contribution in [3.05, 3.63) is 16.1 Å². The van der Waals surface area contributed by atoms with Crippen molar-refractivity contribution in [2.75, 3.05) is 0 Å². The summed E-state index contributed by atoms with van der Waals surface area (Å²) < 4.78 is 0. The fourth-order valence-corrected chi connectivity index (χ4v) is 2.04. The Bertz CT molecular complexity index is 344. The molecule has 1 aromatic rings. The zero-order chi connectivity index (χ0) is 10.1. The summed E-state index contributed by atoms with van der Waals surface area (Å²) in [5, 5.41) is 6.03. The number of thiazole rings is 1. The molecule has 1 fully saturated rings. The molecule has 4 heteroatoms. The van der Waals surface area contributed by atoms with E-state index in [0.29, 0.717) is 0 Å². The Kier molecular flexibility index (Phi) is 2.54. The number of rotatable bonds is 3. The van der Waals surface area contributed by atoms with Crippen LogP contribution in [0.5, 0.6) is 0 Å². The third kappa shape index (κ3) is 2.12. The van der Waals surface area contributed by atoms with Gasteiger partial charge in [-0.15, -0.1) is 11.3 Å². The molecule has 0 aliphatic heterocycles. The van der Waals surface area contributed by atoms with E-state index in [2.05, 4.69) is 10.3 Å². The molecule has 0 spiro atoms. The maximum atomic E-state index is 11.5. The average Bonchev–Trinajstić information content (AvgIpc) is 2.89. The minimum Gasteiger partial charge on any atom is -0.348 e. The summed E-state index contributed by atoms with van der Waals surface area (Å²) in [6.07, 6.45) is 2.10. The molecule has 1 saturated carbocycles. The Labute approximate surface area is 87.6 Å². The minimum atomic E-state index is 0.0491. The Hall–Kier alpha value is -0.900. The number of aromatic nitrogens is 1. The first-order chi connectivity index (χ1) is 6.66. The highest BCUT2D eigenvalue weighted by molar-refractivity contribution is 7.09. The summed E-state index contributed by atoms with van der Waals surface area (Å²) in [6.45, 7) is 3.96. The number of amides is 1. The standard InChI is InChI=1S/C10H14N2OS/c1-6(9-5-14-7(2)12-9)11-10(13)8-3-4-8/h5-6,8H,3-4H2,1-2H3,(H,11,13). The van der Waals surface area contributed by atoms with Crippen LogP contribution in [0.25, 0.3) is 0 Å². The number of nitrogens with zero attached hydrogens (tertiary/aromatic N) is 1. The Balaban J connectivity index is 1.94. The molecule has 1 aromatic heterocycles. The molecule has 0 saturated heterocycles. The third-order valence-corrected chi connectivity index (χ3v) is 3.18. The second-order valence-corrected chi connectivity index (χ2v) is 4.86. The molecule has 3 nitrogen and oxygen atoms in total. The molecular weight excluding hydrogens is 196 g/mol. The van der Waals surface area contributed by atoms with Gasteiger partial charge >= 0.3 is 0 Å². The van der Waals surface area contributed by atoms with Crippen LogP contribution in [0.4, 0.5) is 0 Å². The summed E-state index contributed by atoms with van der Waals surface area (Å²) in [5.41, 5.74) is 0.974. The lowest BCUT2D eigenvalue weighted by Gasteiger charge is -2.10. The van der Waals surface area contributed by atoms with Gasteiger partial charge in [0.05, 0.1) is 16.7 Å². The highest BCUT2D eigenvalue weighted by atomic mass is 32.1. The Morgan fingerprint density at radius 3 is 2.93 bits per heavy atom. The van der Waals surface area contributed by atoms with Gasteiger partial charge in [0.25, 0.3) is 0 Å². The van der Waals surface area contributed by atoms with E-state index in [0.717, 1.165) is 23.5 Å². The number of aryl methyl sites for hydroxylation is 1. The summed E-state index contributed by atoms with van der Waals surface area (Å²) in [6, 6.07) is 0.0491. The van der Waals surface area contributed by atoms with Gasteiger partial charge in [-0.3, -0.25) is 4.79 Å². The molecule has 1 heterocycles. The van der Waals surface area contributed by atoms with Crippen LogP contribution in [-0.2, 0) is 4.79 Å². The summed E-state index contributed by atoms with van der Waals surface area (Å²) in [5.74, 6) is 0.459. The highest BCUT2D eigenvalue weighted by Gasteiger charge is 2.30. The van der Waals surface area contributed by atoms with E-state index in [1.54, 1.807) is 11.3 Å². The summed E-state index contributed by atoms with van der Waals surface area (Å²) >= 11 is 1.62. The van der Waals surface area contributed by atoms with Gasteiger partial charge in [0.1, 0.15) is 0 Å². The molecule has 0 bridgehead atoms. The van der Waals surface area contributed by atoms with E-state index in [-0.39, 0.29) is 17.9 Å². The summed E-state index contributed by atoms with van der Waals surface area (Å²) in [4.78, 5) is 15.8. The van der Waals surface area contributed by atoms with Gasteiger partial charge in [0, 0.05) is 11.3 Å². The molecule has 1 N–H and O–H groups in total. The van der Waals surface area contributed by atoms with Crippen molar-refractivity contribution >= 4 is 17.2 Å². The van der Waals surface area contributed by atoms with Crippen LogP contribution >= 0.6 is 11.3 Å². The van der Waals surface area contributed by atoms with E-state index in [4.69, 9.17) is 0 Å². The predicted molar refractivity (Wildman–Crippen MR) is 56.1 cm³/mol. The number of nitrogens with one attached hydrogen (secondary N) is 1. The van der Waals surface area contributed by atoms with Gasteiger partial charge < -0.3 is 5.32 Å². The zero-order valence-corrected chi connectivity index (χ0v) is 9.23. The second kappa shape index (κ2) is 3.69. The van der Waals surface area contributed by atoms with Crippen molar-refractivity contribution in [2.24, 2.45) is 5.92 Å². The van der Waals surface area contributed by atoms with Crippen molar-refractivity contribution in [1.82, 2.24) is 10.3 Å². The van der Waals surface area contributed by atoms with E-state index < -0.39 is 0 Å². The smallest absolute Gasteiger partial charge is 0.223 e.